The van der Waals surface area contributed by atoms with E-state index in [9.17, 15) is 4.79 Å². The fraction of sp³-hybridized carbons (Fsp3) is 0.125. The monoisotopic (exact) mass is 309 g/mol. The lowest BCUT2D eigenvalue weighted by molar-refractivity contribution is 0.102. The van der Waals surface area contributed by atoms with Crippen LogP contribution in [0.1, 0.15) is 15.9 Å². The Kier molecular flexibility index (Phi) is 4.39. The van der Waals surface area contributed by atoms with E-state index >= 15 is 0 Å². The predicted octanol–water partition coefficient (Wildman–Crippen LogP) is 1.45. The Morgan fingerprint density at radius 3 is 2.70 bits per heavy atom. The minimum atomic E-state index is -0.213. The van der Waals surface area contributed by atoms with Crippen molar-refractivity contribution in [2.24, 2.45) is 0 Å². The molecule has 0 spiro atoms. The number of carbonyl (C=O) groups is 1. The molecule has 1 amide bonds. The molecule has 0 saturated carbocycles. The first kappa shape index (κ1) is 14.9. The molecule has 7 nitrogen and oxygen atoms in total. The number of benzene rings is 2. The number of nitrogens with zero attached hydrogens (tertiary/aromatic N) is 4. The van der Waals surface area contributed by atoms with Crippen molar-refractivity contribution >= 4 is 11.6 Å². The van der Waals surface area contributed by atoms with Gasteiger partial charge in [0.15, 0.2) is 0 Å². The molecule has 1 heterocycles. The van der Waals surface area contributed by atoms with E-state index in [0.29, 0.717) is 23.4 Å². The fourth-order valence-corrected chi connectivity index (χ4v) is 2.16. The highest BCUT2D eigenvalue weighted by Gasteiger charge is 2.08. The van der Waals surface area contributed by atoms with Gasteiger partial charge in [-0.15, -0.1) is 5.10 Å². The maximum Gasteiger partial charge on any atom is 0.255 e. The average molecular weight is 309 g/mol. The molecule has 7 heteroatoms. The minimum absolute atomic E-state index is 0.107. The van der Waals surface area contributed by atoms with Crippen LogP contribution in [0.3, 0.4) is 0 Å². The van der Waals surface area contributed by atoms with Crippen molar-refractivity contribution in [2.45, 2.75) is 6.42 Å². The number of anilines is 1. The normalized spacial score (nSPS) is 10.5. The summed E-state index contributed by atoms with van der Waals surface area (Å²) < 4.78 is 1.49. The molecule has 1 aromatic heterocycles. The number of hydrogen-bond donors (Lipinski definition) is 2. The lowest BCUT2D eigenvalue weighted by Crippen LogP contribution is -2.12. The molecule has 0 atom stereocenters. The molecule has 0 unspecified atom stereocenters. The van der Waals surface area contributed by atoms with Gasteiger partial charge in [-0.25, -0.2) is 4.68 Å². The molecule has 116 valence electrons. The van der Waals surface area contributed by atoms with E-state index in [-0.39, 0.29) is 12.5 Å². The smallest absolute Gasteiger partial charge is 0.255 e. The largest absolute Gasteiger partial charge is 0.396 e. The third-order valence-corrected chi connectivity index (χ3v) is 3.33. The molecular weight excluding hydrogens is 294 g/mol. The van der Waals surface area contributed by atoms with Gasteiger partial charge >= 0.3 is 0 Å². The number of amides is 1. The van der Waals surface area contributed by atoms with Gasteiger partial charge in [-0.1, -0.05) is 18.2 Å². The molecule has 0 radical (unpaired) electrons. The van der Waals surface area contributed by atoms with Crippen LogP contribution in [-0.4, -0.2) is 37.8 Å². The van der Waals surface area contributed by atoms with E-state index in [2.05, 4.69) is 20.8 Å². The van der Waals surface area contributed by atoms with Crippen molar-refractivity contribution in [1.29, 1.82) is 0 Å². The Bertz CT molecular complexity index is 784. The van der Waals surface area contributed by atoms with E-state index in [1.807, 2.05) is 30.3 Å². The van der Waals surface area contributed by atoms with E-state index in [1.165, 1.54) is 11.0 Å². The maximum absolute atomic E-state index is 12.3. The number of aliphatic hydroxyl groups excluding tert-OH is 1. The van der Waals surface area contributed by atoms with Crippen molar-refractivity contribution < 1.29 is 9.90 Å². The molecule has 2 aromatic carbocycles. The Morgan fingerprint density at radius 1 is 1.17 bits per heavy atom. The van der Waals surface area contributed by atoms with Crippen LogP contribution in [0, 0.1) is 0 Å². The number of aliphatic hydroxyl groups is 1. The van der Waals surface area contributed by atoms with Crippen LogP contribution in [0.5, 0.6) is 0 Å². The second-order valence-electron chi connectivity index (χ2n) is 4.93. The lowest BCUT2D eigenvalue weighted by Gasteiger charge is -2.07. The molecular formula is C16H15N5O2. The van der Waals surface area contributed by atoms with Gasteiger partial charge in [0, 0.05) is 17.9 Å². The van der Waals surface area contributed by atoms with E-state index in [0.717, 1.165) is 5.56 Å². The highest BCUT2D eigenvalue weighted by Crippen LogP contribution is 2.14. The summed E-state index contributed by atoms with van der Waals surface area (Å²) in [6.07, 6.45) is 2.07. The number of nitrogens with one attached hydrogen (secondary N) is 1. The number of aromatic nitrogens is 4. The van der Waals surface area contributed by atoms with Gasteiger partial charge in [-0.3, -0.25) is 4.79 Å². The van der Waals surface area contributed by atoms with Gasteiger partial charge in [-0.2, -0.15) is 0 Å². The molecule has 0 saturated heterocycles. The molecule has 3 aromatic rings. The third-order valence-electron chi connectivity index (χ3n) is 3.33. The molecule has 3 rings (SSSR count). The molecule has 0 aliphatic heterocycles. The van der Waals surface area contributed by atoms with Crippen LogP contribution in [0.4, 0.5) is 5.69 Å². The molecule has 0 aliphatic carbocycles. The van der Waals surface area contributed by atoms with Gasteiger partial charge in [0.05, 0.1) is 5.69 Å². The number of carbonyl (C=O) groups excluding carboxylic acids is 1. The Balaban J connectivity index is 1.74. The zero-order valence-electron chi connectivity index (χ0n) is 12.3. The summed E-state index contributed by atoms with van der Waals surface area (Å²) >= 11 is 0. The number of hydrogen-bond acceptors (Lipinski definition) is 5. The zero-order valence-corrected chi connectivity index (χ0v) is 12.3. The molecule has 0 bridgehead atoms. The van der Waals surface area contributed by atoms with Crippen LogP contribution < -0.4 is 5.32 Å². The van der Waals surface area contributed by atoms with Crippen LogP contribution in [-0.2, 0) is 6.42 Å². The van der Waals surface area contributed by atoms with E-state index in [1.54, 1.807) is 18.2 Å². The van der Waals surface area contributed by atoms with Crippen molar-refractivity contribution in [1.82, 2.24) is 20.2 Å². The standard InChI is InChI=1S/C16H15N5O2/c22-9-8-12-4-6-14(7-5-12)18-16(23)13-2-1-3-15(10-13)21-11-17-19-20-21/h1-7,10-11,22H,8-9H2,(H,18,23). The van der Waals surface area contributed by atoms with Crippen LogP contribution in [0.15, 0.2) is 54.9 Å². The first-order chi connectivity index (χ1) is 11.3. The average Bonchev–Trinajstić information content (AvgIpc) is 3.12. The van der Waals surface area contributed by atoms with Gasteiger partial charge < -0.3 is 10.4 Å². The van der Waals surface area contributed by atoms with Gasteiger partial charge in [0.2, 0.25) is 0 Å². The topological polar surface area (TPSA) is 92.9 Å². The van der Waals surface area contributed by atoms with Gasteiger partial charge in [-0.05, 0) is 52.7 Å². The van der Waals surface area contributed by atoms with Gasteiger partial charge in [0.1, 0.15) is 6.33 Å². The van der Waals surface area contributed by atoms with E-state index in [4.69, 9.17) is 5.11 Å². The summed E-state index contributed by atoms with van der Waals surface area (Å²) in [4.78, 5) is 12.3. The first-order valence-electron chi connectivity index (χ1n) is 7.11. The zero-order chi connectivity index (χ0) is 16.1. The third kappa shape index (κ3) is 3.58. The lowest BCUT2D eigenvalue weighted by atomic mass is 10.1. The summed E-state index contributed by atoms with van der Waals surface area (Å²) in [5.41, 5.74) is 2.94. The Morgan fingerprint density at radius 2 is 2.00 bits per heavy atom. The Hall–Kier alpha value is -3.06. The predicted molar refractivity (Wildman–Crippen MR) is 84.3 cm³/mol. The number of tetrazole rings is 1. The Labute approximate surface area is 132 Å². The highest BCUT2D eigenvalue weighted by atomic mass is 16.3. The van der Waals surface area contributed by atoms with Crippen LogP contribution in [0.25, 0.3) is 5.69 Å². The summed E-state index contributed by atoms with van der Waals surface area (Å²) in [5.74, 6) is -0.213. The SMILES string of the molecule is O=C(Nc1ccc(CCO)cc1)c1cccc(-n2cnnn2)c1. The molecule has 0 aliphatic rings. The molecule has 2 N–H and O–H groups in total. The summed E-state index contributed by atoms with van der Waals surface area (Å²) in [7, 11) is 0. The fourth-order valence-electron chi connectivity index (χ4n) is 2.16. The maximum atomic E-state index is 12.3. The van der Waals surface area contributed by atoms with Gasteiger partial charge in [0.25, 0.3) is 5.91 Å². The second-order valence-corrected chi connectivity index (χ2v) is 4.93. The number of rotatable bonds is 5. The van der Waals surface area contributed by atoms with Crippen molar-refractivity contribution in [3.63, 3.8) is 0 Å². The second kappa shape index (κ2) is 6.80. The van der Waals surface area contributed by atoms with Crippen LogP contribution in [0.2, 0.25) is 0 Å². The highest BCUT2D eigenvalue weighted by molar-refractivity contribution is 6.04. The quantitative estimate of drug-likeness (QED) is 0.744. The van der Waals surface area contributed by atoms with Crippen molar-refractivity contribution in [3.05, 3.63) is 66.0 Å². The van der Waals surface area contributed by atoms with Crippen molar-refractivity contribution in [2.75, 3.05) is 11.9 Å². The molecule has 23 heavy (non-hydrogen) atoms. The summed E-state index contributed by atoms with van der Waals surface area (Å²) in [6.45, 7) is 0.107. The van der Waals surface area contributed by atoms with Crippen LogP contribution >= 0.6 is 0 Å². The minimum Gasteiger partial charge on any atom is -0.396 e. The summed E-state index contributed by atoms with van der Waals surface area (Å²) in [6, 6.07) is 14.4. The molecule has 0 fully saturated rings. The summed E-state index contributed by atoms with van der Waals surface area (Å²) in [5, 5.41) is 22.7. The first-order valence-corrected chi connectivity index (χ1v) is 7.11. The van der Waals surface area contributed by atoms with Crippen molar-refractivity contribution in [3.8, 4) is 5.69 Å². The van der Waals surface area contributed by atoms with E-state index < -0.39 is 0 Å².